The molecule has 20 heavy (non-hydrogen) atoms. The number of amides is 1. The monoisotopic (exact) mass is 275 g/mol. The fourth-order valence-electron chi connectivity index (χ4n) is 2.68. The van der Waals surface area contributed by atoms with E-state index in [-0.39, 0.29) is 11.9 Å². The van der Waals surface area contributed by atoms with Crippen LogP contribution in [0.4, 0.5) is 5.69 Å². The number of anilines is 1. The van der Waals surface area contributed by atoms with Crippen LogP contribution in [0.1, 0.15) is 24.5 Å². The van der Waals surface area contributed by atoms with Crippen LogP contribution in [0.2, 0.25) is 0 Å². The first kappa shape index (κ1) is 14.9. The maximum Gasteiger partial charge on any atom is 0.224 e. The Morgan fingerprint density at radius 1 is 1.25 bits per heavy atom. The Morgan fingerprint density at radius 3 is 2.50 bits per heavy atom. The van der Waals surface area contributed by atoms with E-state index in [9.17, 15) is 4.79 Å². The predicted octanol–water partition coefficient (Wildman–Crippen LogP) is 1.69. The van der Waals surface area contributed by atoms with Crippen molar-refractivity contribution >= 4 is 11.6 Å². The highest BCUT2D eigenvalue weighted by Gasteiger charge is 2.22. The van der Waals surface area contributed by atoms with Crippen molar-refractivity contribution in [2.24, 2.45) is 5.73 Å². The average molecular weight is 275 g/mol. The second kappa shape index (κ2) is 6.27. The summed E-state index contributed by atoms with van der Waals surface area (Å²) in [6.07, 6.45) is 0.448. The summed E-state index contributed by atoms with van der Waals surface area (Å²) in [5.41, 5.74) is 9.65. The van der Waals surface area contributed by atoms with Gasteiger partial charge >= 0.3 is 0 Å². The van der Waals surface area contributed by atoms with Crippen molar-refractivity contribution in [3.63, 3.8) is 0 Å². The van der Waals surface area contributed by atoms with Gasteiger partial charge in [-0.25, -0.2) is 0 Å². The van der Waals surface area contributed by atoms with Gasteiger partial charge in [0, 0.05) is 44.3 Å². The van der Waals surface area contributed by atoms with Crippen LogP contribution in [-0.2, 0) is 4.79 Å². The van der Waals surface area contributed by atoms with Gasteiger partial charge in [0.25, 0.3) is 0 Å². The Balaban J connectivity index is 1.97. The lowest BCUT2D eigenvalue weighted by molar-refractivity contribution is -0.131. The molecule has 1 heterocycles. The molecular weight excluding hydrogens is 250 g/mol. The summed E-state index contributed by atoms with van der Waals surface area (Å²) >= 11 is 0. The highest BCUT2D eigenvalue weighted by atomic mass is 16.2. The zero-order valence-electron chi connectivity index (χ0n) is 12.7. The molecule has 0 aliphatic carbocycles. The van der Waals surface area contributed by atoms with Gasteiger partial charge in [-0.3, -0.25) is 4.79 Å². The molecule has 1 aromatic rings. The molecule has 2 rings (SSSR count). The second-order valence-corrected chi connectivity index (χ2v) is 5.77. The second-order valence-electron chi connectivity index (χ2n) is 5.77. The number of piperazine rings is 1. The topological polar surface area (TPSA) is 49.6 Å². The molecule has 0 bridgehead atoms. The van der Waals surface area contributed by atoms with E-state index in [4.69, 9.17) is 5.73 Å². The van der Waals surface area contributed by atoms with Crippen molar-refractivity contribution in [3.05, 3.63) is 29.3 Å². The summed E-state index contributed by atoms with van der Waals surface area (Å²) in [4.78, 5) is 16.3. The van der Waals surface area contributed by atoms with E-state index in [1.165, 1.54) is 16.8 Å². The van der Waals surface area contributed by atoms with Gasteiger partial charge in [0.15, 0.2) is 0 Å². The molecule has 0 saturated carbocycles. The van der Waals surface area contributed by atoms with Crippen LogP contribution in [0.15, 0.2) is 18.2 Å². The van der Waals surface area contributed by atoms with Gasteiger partial charge in [-0.2, -0.15) is 0 Å². The normalized spacial score (nSPS) is 17.2. The first-order valence-electron chi connectivity index (χ1n) is 7.33. The summed E-state index contributed by atoms with van der Waals surface area (Å²) in [5.74, 6) is 0.181. The van der Waals surface area contributed by atoms with Crippen molar-refractivity contribution in [1.29, 1.82) is 0 Å². The van der Waals surface area contributed by atoms with E-state index in [0.717, 1.165) is 26.2 Å². The molecule has 110 valence electrons. The largest absolute Gasteiger partial charge is 0.368 e. The van der Waals surface area contributed by atoms with Gasteiger partial charge in [0.1, 0.15) is 0 Å². The molecule has 2 N–H and O–H groups in total. The van der Waals surface area contributed by atoms with Crippen LogP contribution in [0, 0.1) is 13.8 Å². The first-order chi connectivity index (χ1) is 9.49. The van der Waals surface area contributed by atoms with Crippen molar-refractivity contribution in [2.75, 3.05) is 31.1 Å². The van der Waals surface area contributed by atoms with Crippen molar-refractivity contribution in [3.8, 4) is 0 Å². The summed E-state index contributed by atoms with van der Waals surface area (Å²) in [5, 5.41) is 0. The molecule has 1 aromatic carbocycles. The summed E-state index contributed by atoms with van der Waals surface area (Å²) in [6.45, 7) is 9.56. The van der Waals surface area contributed by atoms with Crippen LogP contribution >= 0.6 is 0 Å². The van der Waals surface area contributed by atoms with Crippen LogP contribution < -0.4 is 10.6 Å². The molecular formula is C16H25N3O. The van der Waals surface area contributed by atoms with Crippen LogP contribution in [0.25, 0.3) is 0 Å². The molecule has 1 atom stereocenters. The molecule has 1 unspecified atom stereocenters. The number of hydrogen-bond acceptors (Lipinski definition) is 3. The van der Waals surface area contributed by atoms with E-state index in [1.807, 2.05) is 11.8 Å². The molecule has 1 amide bonds. The number of rotatable bonds is 3. The molecule has 1 fully saturated rings. The lowest BCUT2D eigenvalue weighted by Gasteiger charge is -2.37. The Morgan fingerprint density at radius 2 is 1.90 bits per heavy atom. The molecule has 1 saturated heterocycles. The van der Waals surface area contributed by atoms with Crippen molar-refractivity contribution in [2.45, 2.75) is 33.2 Å². The van der Waals surface area contributed by atoms with Crippen molar-refractivity contribution in [1.82, 2.24) is 4.90 Å². The van der Waals surface area contributed by atoms with E-state index >= 15 is 0 Å². The third kappa shape index (κ3) is 3.31. The minimum absolute atomic E-state index is 0.0560. The van der Waals surface area contributed by atoms with E-state index in [2.05, 4.69) is 36.9 Å². The SMILES string of the molecule is Cc1cccc(N2CCN(C(=O)CC(C)N)CC2)c1C. The fraction of sp³-hybridized carbons (Fsp3) is 0.562. The smallest absolute Gasteiger partial charge is 0.224 e. The van der Waals surface area contributed by atoms with Crippen molar-refractivity contribution < 1.29 is 4.79 Å². The van der Waals surface area contributed by atoms with Gasteiger partial charge in [-0.15, -0.1) is 0 Å². The minimum atomic E-state index is -0.0560. The standard InChI is InChI=1S/C16H25N3O/c1-12-5-4-6-15(14(12)3)18-7-9-19(10-8-18)16(20)11-13(2)17/h4-6,13H,7-11,17H2,1-3H3. The van der Waals surface area contributed by atoms with E-state index < -0.39 is 0 Å². The zero-order chi connectivity index (χ0) is 14.7. The molecule has 4 nitrogen and oxygen atoms in total. The van der Waals surface area contributed by atoms with Crippen LogP contribution in [0.5, 0.6) is 0 Å². The quantitative estimate of drug-likeness (QED) is 0.913. The van der Waals surface area contributed by atoms with Crippen LogP contribution in [-0.4, -0.2) is 43.0 Å². The Bertz CT molecular complexity index is 477. The fourth-order valence-corrected chi connectivity index (χ4v) is 2.68. The summed E-state index contributed by atoms with van der Waals surface area (Å²) < 4.78 is 0. The molecule has 0 aromatic heterocycles. The van der Waals surface area contributed by atoms with Gasteiger partial charge < -0.3 is 15.5 Å². The lowest BCUT2D eigenvalue weighted by atomic mass is 10.1. The highest BCUT2D eigenvalue weighted by molar-refractivity contribution is 5.77. The van der Waals surface area contributed by atoms with E-state index in [1.54, 1.807) is 0 Å². The van der Waals surface area contributed by atoms with Gasteiger partial charge in [-0.1, -0.05) is 12.1 Å². The Hall–Kier alpha value is -1.55. The Kier molecular flexibility index (Phi) is 4.65. The molecule has 1 aliphatic rings. The maximum absolute atomic E-state index is 12.0. The number of benzene rings is 1. The third-order valence-corrected chi connectivity index (χ3v) is 4.05. The van der Waals surface area contributed by atoms with Gasteiger partial charge in [0.2, 0.25) is 5.91 Å². The number of hydrogen-bond donors (Lipinski definition) is 1. The average Bonchev–Trinajstić information content (AvgIpc) is 2.41. The molecule has 0 spiro atoms. The maximum atomic E-state index is 12.0. The number of carbonyl (C=O) groups is 1. The predicted molar refractivity (Wildman–Crippen MR) is 83.0 cm³/mol. The van der Waals surface area contributed by atoms with Gasteiger partial charge in [-0.05, 0) is 38.0 Å². The van der Waals surface area contributed by atoms with Crippen LogP contribution in [0.3, 0.4) is 0 Å². The number of nitrogens with two attached hydrogens (primary N) is 1. The van der Waals surface area contributed by atoms with Gasteiger partial charge in [0.05, 0.1) is 0 Å². The zero-order valence-corrected chi connectivity index (χ0v) is 12.7. The highest BCUT2D eigenvalue weighted by Crippen LogP contribution is 2.23. The minimum Gasteiger partial charge on any atom is -0.368 e. The first-order valence-corrected chi connectivity index (χ1v) is 7.33. The molecule has 4 heteroatoms. The molecule has 0 radical (unpaired) electrons. The summed E-state index contributed by atoms with van der Waals surface area (Å²) in [6, 6.07) is 6.36. The Labute approximate surface area is 121 Å². The lowest BCUT2D eigenvalue weighted by Crippen LogP contribution is -2.49. The summed E-state index contributed by atoms with van der Waals surface area (Å²) in [7, 11) is 0. The molecule has 1 aliphatic heterocycles. The number of aryl methyl sites for hydroxylation is 1. The third-order valence-electron chi connectivity index (χ3n) is 4.05. The number of carbonyl (C=O) groups excluding carboxylic acids is 1. The number of nitrogens with zero attached hydrogens (tertiary/aromatic N) is 2. The van der Waals surface area contributed by atoms with E-state index in [0.29, 0.717) is 6.42 Å².